The molecule has 0 amide bonds. The molecule has 0 aliphatic carbocycles. The summed E-state index contributed by atoms with van der Waals surface area (Å²) in [5.74, 6) is -0.223. The van der Waals surface area contributed by atoms with E-state index >= 15 is 0 Å². The van der Waals surface area contributed by atoms with Crippen molar-refractivity contribution >= 4 is 11.4 Å². The van der Waals surface area contributed by atoms with Crippen LogP contribution in [-0.2, 0) is 6.54 Å². The highest BCUT2D eigenvalue weighted by molar-refractivity contribution is 5.65. The highest BCUT2D eigenvalue weighted by Gasteiger charge is 2.12. The Bertz CT molecular complexity index is 557. The Morgan fingerprint density at radius 3 is 2.75 bits per heavy atom. The Labute approximate surface area is 119 Å². The highest BCUT2D eigenvalue weighted by atomic mass is 19.1. The third-order valence-electron chi connectivity index (χ3n) is 3.20. The molecule has 1 aromatic heterocycles. The molecule has 3 nitrogen and oxygen atoms in total. The lowest BCUT2D eigenvalue weighted by Gasteiger charge is -2.23. The minimum Gasteiger partial charge on any atom is -0.342 e. The van der Waals surface area contributed by atoms with Crippen LogP contribution in [0.1, 0.15) is 18.9 Å². The number of aromatic nitrogens is 1. The van der Waals surface area contributed by atoms with Crippen LogP contribution in [0.5, 0.6) is 0 Å². The number of rotatable bonds is 6. The second kappa shape index (κ2) is 7.01. The first kappa shape index (κ1) is 14.5. The summed E-state index contributed by atoms with van der Waals surface area (Å²) in [6, 6.07) is 8.70. The third kappa shape index (κ3) is 3.33. The molecule has 2 rings (SSSR count). The van der Waals surface area contributed by atoms with E-state index in [1.165, 1.54) is 6.07 Å². The van der Waals surface area contributed by atoms with Gasteiger partial charge in [0.05, 0.1) is 5.69 Å². The summed E-state index contributed by atoms with van der Waals surface area (Å²) in [5, 5.41) is 3.35. The number of nitrogens with zero attached hydrogens (tertiary/aromatic N) is 2. The van der Waals surface area contributed by atoms with Crippen LogP contribution in [0.3, 0.4) is 0 Å². The van der Waals surface area contributed by atoms with Gasteiger partial charge in [-0.25, -0.2) is 4.39 Å². The van der Waals surface area contributed by atoms with Crippen molar-refractivity contribution in [1.29, 1.82) is 0 Å². The number of pyridine rings is 1. The summed E-state index contributed by atoms with van der Waals surface area (Å²) >= 11 is 0. The third-order valence-corrected chi connectivity index (χ3v) is 3.20. The van der Waals surface area contributed by atoms with Crippen molar-refractivity contribution in [2.45, 2.75) is 19.9 Å². The molecule has 1 heterocycles. The Hall–Kier alpha value is -1.94. The lowest BCUT2D eigenvalue weighted by atomic mass is 10.2. The van der Waals surface area contributed by atoms with Crippen molar-refractivity contribution in [2.75, 3.05) is 18.5 Å². The van der Waals surface area contributed by atoms with Gasteiger partial charge >= 0.3 is 0 Å². The van der Waals surface area contributed by atoms with Crippen LogP contribution in [0.15, 0.2) is 42.7 Å². The number of hydrogen-bond donors (Lipinski definition) is 1. The maximum Gasteiger partial charge on any atom is 0.146 e. The second-order valence-corrected chi connectivity index (χ2v) is 4.69. The summed E-state index contributed by atoms with van der Waals surface area (Å²) in [5.41, 5.74) is 2.59. The molecule has 0 aliphatic heterocycles. The molecule has 0 fully saturated rings. The minimum atomic E-state index is -0.223. The predicted octanol–water partition coefficient (Wildman–Crippen LogP) is 3.49. The fourth-order valence-corrected chi connectivity index (χ4v) is 2.14. The molecule has 1 N–H and O–H groups in total. The zero-order valence-corrected chi connectivity index (χ0v) is 11.9. The first-order valence-corrected chi connectivity index (χ1v) is 6.86. The standard InChI is InChI=1S/C16H20FN3/c1-3-9-18-11-13-12-19-10-8-15(13)20(2)16-7-5-4-6-14(16)17/h4-8,10,12,18H,3,9,11H2,1-2H3. The smallest absolute Gasteiger partial charge is 0.146 e. The predicted molar refractivity (Wildman–Crippen MR) is 80.7 cm³/mol. The Balaban J connectivity index is 2.25. The molecule has 2 aromatic rings. The van der Waals surface area contributed by atoms with Gasteiger partial charge in [-0.3, -0.25) is 4.98 Å². The molecule has 0 bridgehead atoms. The molecular formula is C16H20FN3. The van der Waals surface area contributed by atoms with E-state index in [1.807, 2.05) is 30.3 Å². The largest absolute Gasteiger partial charge is 0.342 e. The van der Waals surface area contributed by atoms with Gasteiger partial charge in [-0.05, 0) is 31.2 Å². The Morgan fingerprint density at radius 2 is 2.00 bits per heavy atom. The SMILES string of the molecule is CCCNCc1cnccc1N(C)c1ccccc1F. The van der Waals surface area contributed by atoms with Gasteiger partial charge in [0, 0.05) is 37.2 Å². The first-order chi connectivity index (χ1) is 9.74. The van der Waals surface area contributed by atoms with Crippen LogP contribution in [0.4, 0.5) is 15.8 Å². The quantitative estimate of drug-likeness (QED) is 0.817. The molecule has 0 saturated carbocycles. The van der Waals surface area contributed by atoms with Gasteiger partial charge < -0.3 is 10.2 Å². The molecule has 0 saturated heterocycles. The molecular weight excluding hydrogens is 253 g/mol. The van der Waals surface area contributed by atoms with E-state index in [0.717, 1.165) is 30.8 Å². The van der Waals surface area contributed by atoms with Gasteiger partial charge in [-0.1, -0.05) is 19.1 Å². The number of anilines is 2. The minimum absolute atomic E-state index is 0.223. The molecule has 0 radical (unpaired) electrons. The van der Waals surface area contributed by atoms with Gasteiger partial charge in [-0.2, -0.15) is 0 Å². The van der Waals surface area contributed by atoms with E-state index in [1.54, 1.807) is 18.3 Å². The molecule has 0 atom stereocenters. The monoisotopic (exact) mass is 273 g/mol. The fraction of sp³-hybridized carbons (Fsp3) is 0.312. The molecule has 106 valence electrons. The van der Waals surface area contributed by atoms with Crippen LogP contribution < -0.4 is 10.2 Å². The van der Waals surface area contributed by atoms with Crippen molar-refractivity contribution in [3.8, 4) is 0 Å². The number of halogens is 1. The van der Waals surface area contributed by atoms with Crippen LogP contribution in [0.2, 0.25) is 0 Å². The second-order valence-electron chi connectivity index (χ2n) is 4.69. The van der Waals surface area contributed by atoms with E-state index in [9.17, 15) is 4.39 Å². The molecule has 20 heavy (non-hydrogen) atoms. The van der Waals surface area contributed by atoms with Crippen LogP contribution in [0.25, 0.3) is 0 Å². The lowest BCUT2D eigenvalue weighted by molar-refractivity contribution is 0.627. The van der Waals surface area contributed by atoms with Crippen LogP contribution >= 0.6 is 0 Å². The zero-order chi connectivity index (χ0) is 14.4. The van der Waals surface area contributed by atoms with Gasteiger partial charge in [-0.15, -0.1) is 0 Å². The van der Waals surface area contributed by atoms with Crippen molar-refractivity contribution in [2.24, 2.45) is 0 Å². The number of benzene rings is 1. The number of para-hydroxylation sites is 1. The summed E-state index contributed by atoms with van der Waals surface area (Å²) in [7, 11) is 1.87. The normalized spacial score (nSPS) is 10.6. The van der Waals surface area contributed by atoms with Crippen LogP contribution in [0, 0.1) is 5.82 Å². The molecule has 1 aromatic carbocycles. The maximum absolute atomic E-state index is 13.9. The van der Waals surface area contributed by atoms with E-state index < -0.39 is 0 Å². The Kier molecular flexibility index (Phi) is 5.07. The maximum atomic E-state index is 13.9. The van der Waals surface area contributed by atoms with E-state index in [-0.39, 0.29) is 5.82 Å². The van der Waals surface area contributed by atoms with E-state index in [2.05, 4.69) is 17.2 Å². The summed E-state index contributed by atoms with van der Waals surface area (Å²) in [6.07, 6.45) is 4.64. The average Bonchev–Trinajstić information content (AvgIpc) is 2.48. The lowest BCUT2D eigenvalue weighted by Crippen LogP contribution is -2.18. The summed E-state index contributed by atoms with van der Waals surface area (Å²) in [4.78, 5) is 6.02. The van der Waals surface area contributed by atoms with Crippen molar-refractivity contribution < 1.29 is 4.39 Å². The van der Waals surface area contributed by atoms with Gasteiger partial charge in [0.25, 0.3) is 0 Å². The zero-order valence-electron chi connectivity index (χ0n) is 11.9. The molecule has 0 spiro atoms. The highest BCUT2D eigenvalue weighted by Crippen LogP contribution is 2.28. The van der Waals surface area contributed by atoms with E-state index in [4.69, 9.17) is 0 Å². The molecule has 4 heteroatoms. The van der Waals surface area contributed by atoms with Crippen molar-refractivity contribution in [3.63, 3.8) is 0 Å². The number of hydrogen-bond acceptors (Lipinski definition) is 3. The van der Waals surface area contributed by atoms with Crippen LogP contribution in [-0.4, -0.2) is 18.6 Å². The molecule has 0 aliphatic rings. The summed E-state index contributed by atoms with van der Waals surface area (Å²) < 4.78 is 13.9. The van der Waals surface area contributed by atoms with Gasteiger partial charge in [0.1, 0.15) is 5.82 Å². The van der Waals surface area contributed by atoms with Crippen molar-refractivity contribution in [3.05, 3.63) is 54.1 Å². The Morgan fingerprint density at radius 1 is 1.20 bits per heavy atom. The topological polar surface area (TPSA) is 28.2 Å². The fourth-order valence-electron chi connectivity index (χ4n) is 2.14. The van der Waals surface area contributed by atoms with Crippen molar-refractivity contribution in [1.82, 2.24) is 10.3 Å². The first-order valence-electron chi connectivity index (χ1n) is 6.86. The molecule has 0 unspecified atom stereocenters. The number of nitrogens with one attached hydrogen (secondary N) is 1. The summed E-state index contributed by atoms with van der Waals surface area (Å²) in [6.45, 7) is 3.82. The van der Waals surface area contributed by atoms with Gasteiger partial charge in [0.15, 0.2) is 0 Å². The van der Waals surface area contributed by atoms with Gasteiger partial charge in [0.2, 0.25) is 0 Å². The average molecular weight is 273 g/mol. The van der Waals surface area contributed by atoms with E-state index in [0.29, 0.717) is 5.69 Å².